The van der Waals surface area contributed by atoms with Crippen LogP contribution in [0.1, 0.15) is 40.7 Å². The third kappa shape index (κ3) is 3.04. The zero-order chi connectivity index (χ0) is 13.8. The second-order valence-corrected chi connectivity index (χ2v) is 5.36. The van der Waals surface area contributed by atoms with Crippen molar-refractivity contribution in [2.75, 3.05) is 0 Å². The smallest absolute Gasteiger partial charge is 0.255 e. The summed E-state index contributed by atoms with van der Waals surface area (Å²) in [7, 11) is 0. The Morgan fingerprint density at radius 1 is 1.47 bits per heavy atom. The number of nitrogens with one attached hydrogen (secondary N) is 1. The molecule has 0 aliphatic heterocycles. The van der Waals surface area contributed by atoms with Gasteiger partial charge in [-0.25, -0.2) is 0 Å². The van der Waals surface area contributed by atoms with Crippen LogP contribution in [-0.4, -0.2) is 15.7 Å². The molecule has 0 aromatic carbocycles. The van der Waals surface area contributed by atoms with E-state index >= 15 is 0 Å². The second kappa shape index (κ2) is 6.02. The van der Waals surface area contributed by atoms with Gasteiger partial charge >= 0.3 is 0 Å². The standard InChI is InChI=1S/C14H19N3OS/c1-4-6-17-11(3)13(10(2)16-17)14(18)15-8-12-5-7-19-9-12/h5,7,9H,4,6,8H2,1-3H3,(H,15,18). The first kappa shape index (κ1) is 13.8. The Bertz CT molecular complexity index is 558. The summed E-state index contributed by atoms with van der Waals surface area (Å²) in [6.45, 7) is 7.37. The Hall–Kier alpha value is -1.62. The number of amides is 1. The second-order valence-electron chi connectivity index (χ2n) is 4.58. The normalized spacial score (nSPS) is 10.7. The minimum Gasteiger partial charge on any atom is -0.348 e. The fraction of sp³-hybridized carbons (Fsp3) is 0.429. The predicted octanol–water partition coefficient (Wildman–Crippen LogP) is 2.90. The van der Waals surface area contributed by atoms with Gasteiger partial charge in [0.1, 0.15) is 0 Å². The van der Waals surface area contributed by atoms with Crippen molar-refractivity contribution in [1.29, 1.82) is 0 Å². The molecule has 0 fully saturated rings. The average Bonchev–Trinajstić information content (AvgIpc) is 2.97. The maximum Gasteiger partial charge on any atom is 0.255 e. The van der Waals surface area contributed by atoms with Crippen LogP contribution >= 0.6 is 11.3 Å². The molecule has 1 N–H and O–H groups in total. The zero-order valence-electron chi connectivity index (χ0n) is 11.6. The molecule has 102 valence electrons. The molecular formula is C14H19N3OS. The fourth-order valence-electron chi connectivity index (χ4n) is 2.12. The number of nitrogens with zero attached hydrogens (tertiary/aromatic N) is 2. The molecule has 0 atom stereocenters. The van der Waals surface area contributed by atoms with Crippen molar-refractivity contribution in [3.05, 3.63) is 39.3 Å². The highest BCUT2D eigenvalue weighted by Crippen LogP contribution is 2.14. The van der Waals surface area contributed by atoms with E-state index in [1.165, 1.54) is 0 Å². The van der Waals surface area contributed by atoms with Gasteiger partial charge in [-0.2, -0.15) is 16.4 Å². The molecule has 1 amide bonds. The Balaban J connectivity index is 2.10. The van der Waals surface area contributed by atoms with Crippen molar-refractivity contribution in [3.63, 3.8) is 0 Å². The van der Waals surface area contributed by atoms with Gasteiger partial charge in [0.05, 0.1) is 11.3 Å². The Labute approximate surface area is 117 Å². The first-order valence-corrected chi connectivity index (χ1v) is 7.41. The van der Waals surface area contributed by atoms with Crippen LogP contribution in [0, 0.1) is 13.8 Å². The largest absolute Gasteiger partial charge is 0.348 e. The molecule has 0 unspecified atom stereocenters. The van der Waals surface area contributed by atoms with E-state index in [9.17, 15) is 4.79 Å². The van der Waals surface area contributed by atoms with Crippen LogP contribution in [0.4, 0.5) is 0 Å². The number of aromatic nitrogens is 2. The van der Waals surface area contributed by atoms with Crippen LogP contribution < -0.4 is 5.32 Å². The number of carbonyl (C=O) groups excluding carboxylic acids is 1. The third-order valence-electron chi connectivity index (χ3n) is 3.08. The number of carbonyl (C=O) groups is 1. The van der Waals surface area contributed by atoms with E-state index in [4.69, 9.17) is 0 Å². The van der Waals surface area contributed by atoms with E-state index in [1.807, 2.05) is 35.4 Å². The molecule has 2 aromatic heterocycles. The first-order valence-electron chi connectivity index (χ1n) is 6.46. The van der Waals surface area contributed by atoms with E-state index < -0.39 is 0 Å². The number of hydrogen-bond acceptors (Lipinski definition) is 3. The van der Waals surface area contributed by atoms with Crippen molar-refractivity contribution in [2.45, 2.75) is 40.3 Å². The summed E-state index contributed by atoms with van der Waals surface area (Å²) < 4.78 is 1.91. The lowest BCUT2D eigenvalue weighted by molar-refractivity contribution is 0.0949. The molecule has 2 heterocycles. The lowest BCUT2D eigenvalue weighted by atomic mass is 10.2. The highest BCUT2D eigenvalue weighted by Gasteiger charge is 2.17. The molecule has 2 rings (SSSR count). The van der Waals surface area contributed by atoms with Crippen LogP contribution in [0.2, 0.25) is 0 Å². The minimum atomic E-state index is -0.0384. The molecule has 0 saturated heterocycles. The summed E-state index contributed by atoms with van der Waals surface area (Å²) in [6.07, 6.45) is 1.01. The lowest BCUT2D eigenvalue weighted by Gasteiger charge is -2.05. The summed E-state index contributed by atoms with van der Waals surface area (Å²) in [6, 6.07) is 2.02. The molecule has 4 nitrogen and oxygen atoms in total. The maximum absolute atomic E-state index is 12.2. The van der Waals surface area contributed by atoms with Crippen molar-refractivity contribution in [2.24, 2.45) is 0 Å². The SMILES string of the molecule is CCCn1nc(C)c(C(=O)NCc2ccsc2)c1C. The monoisotopic (exact) mass is 277 g/mol. The van der Waals surface area contributed by atoms with Crippen molar-refractivity contribution >= 4 is 17.2 Å². The molecule has 5 heteroatoms. The van der Waals surface area contributed by atoms with Gasteiger partial charge < -0.3 is 5.32 Å². The Morgan fingerprint density at radius 3 is 2.89 bits per heavy atom. The summed E-state index contributed by atoms with van der Waals surface area (Å²) >= 11 is 1.64. The van der Waals surface area contributed by atoms with Gasteiger partial charge in [0, 0.05) is 18.8 Å². The van der Waals surface area contributed by atoms with Gasteiger partial charge in [0.25, 0.3) is 5.91 Å². The number of hydrogen-bond donors (Lipinski definition) is 1. The first-order chi connectivity index (χ1) is 9.13. The molecular weight excluding hydrogens is 258 g/mol. The lowest BCUT2D eigenvalue weighted by Crippen LogP contribution is -2.23. The van der Waals surface area contributed by atoms with E-state index in [0.717, 1.165) is 29.9 Å². The molecule has 0 saturated carbocycles. The molecule has 0 spiro atoms. The van der Waals surface area contributed by atoms with E-state index in [0.29, 0.717) is 12.1 Å². The molecule has 2 aromatic rings. The van der Waals surface area contributed by atoms with Gasteiger partial charge in [-0.1, -0.05) is 6.92 Å². The Morgan fingerprint density at radius 2 is 2.26 bits per heavy atom. The summed E-state index contributed by atoms with van der Waals surface area (Å²) in [4.78, 5) is 12.2. The quantitative estimate of drug-likeness (QED) is 0.913. The summed E-state index contributed by atoms with van der Waals surface area (Å²) in [5, 5.41) is 11.4. The topological polar surface area (TPSA) is 46.9 Å². The summed E-state index contributed by atoms with van der Waals surface area (Å²) in [5.74, 6) is -0.0384. The zero-order valence-corrected chi connectivity index (χ0v) is 12.4. The average molecular weight is 277 g/mol. The predicted molar refractivity (Wildman–Crippen MR) is 77.5 cm³/mol. The summed E-state index contributed by atoms with van der Waals surface area (Å²) in [5.41, 5.74) is 3.59. The van der Waals surface area contributed by atoms with Gasteiger partial charge in [-0.05, 0) is 42.7 Å². The van der Waals surface area contributed by atoms with Gasteiger partial charge in [0.15, 0.2) is 0 Å². The molecule has 0 aliphatic carbocycles. The van der Waals surface area contributed by atoms with Crippen LogP contribution in [0.5, 0.6) is 0 Å². The van der Waals surface area contributed by atoms with Crippen molar-refractivity contribution in [3.8, 4) is 0 Å². The minimum absolute atomic E-state index is 0.0384. The molecule has 0 radical (unpaired) electrons. The van der Waals surface area contributed by atoms with E-state index in [-0.39, 0.29) is 5.91 Å². The maximum atomic E-state index is 12.2. The number of thiophene rings is 1. The van der Waals surface area contributed by atoms with Gasteiger partial charge in [-0.15, -0.1) is 0 Å². The number of aryl methyl sites for hydroxylation is 2. The molecule has 19 heavy (non-hydrogen) atoms. The number of rotatable bonds is 5. The van der Waals surface area contributed by atoms with E-state index in [2.05, 4.69) is 17.3 Å². The van der Waals surface area contributed by atoms with Crippen LogP contribution in [-0.2, 0) is 13.1 Å². The van der Waals surface area contributed by atoms with Crippen molar-refractivity contribution < 1.29 is 4.79 Å². The van der Waals surface area contributed by atoms with Crippen molar-refractivity contribution in [1.82, 2.24) is 15.1 Å². The Kier molecular flexibility index (Phi) is 4.37. The highest BCUT2D eigenvalue weighted by molar-refractivity contribution is 7.07. The van der Waals surface area contributed by atoms with Crippen LogP contribution in [0.25, 0.3) is 0 Å². The van der Waals surface area contributed by atoms with E-state index in [1.54, 1.807) is 11.3 Å². The fourth-order valence-corrected chi connectivity index (χ4v) is 2.79. The third-order valence-corrected chi connectivity index (χ3v) is 3.81. The van der Waals surface area contributed by atoms with Gasteiger partial charge in [-0.3, -0.25) is 9.48 Å². The molecule has 0 bridgehead atoms. The van der Waals surface area contributed by atoms with Crippen LogP contribution in [0.15, 0.2) is 16.8 Å². The van der Waals surface area contributed by atoms with Gasteiger partial charge in [0.2, 0.25) is 0 Å². The van der Waals surface area contributed by atoms with Crippen LogP contribution in [0.3, 0.4) is 0 Å². The molecule has 0 aliphatic rings. The highest BCUT2D eigenvalue weighted by atomic mass is 32.1.